The SMILES string of the molecule is COCCN1CCCC(Cn2cnc3cn(C)nc3c2=O)C1. The zero-order valence-corrected chi connectivity index (χ0v) is 13.2. The molecule has 0 aromatic carbocycles. The number of fused-ring (bicyclic) bond motifs is 1. The summed E-state index contributed by atoms with van der Waals surface area (Å²) in [5.74, 6) is 0.478. The second-order valence-electron chi connectivity index (χ2n) is 6.04. The van der Waals surface area contributed by atoms with Crippen LogP contribution < -0.4 is 5.56 Å². The maximum atomic E-state index is 12.5. The molecule has 2 aromatic heterocycles. The maximum absolute atomic E-state index is 12.5. The fraction of sp³-hybridized carbons (Fsp3) is 0.667. The predicted octanol–water partition coefficient (Wildman–Crippen LogP) is 0.488. The molecule has 0 radical (unpaired) electrons. The van der Waals surface area contributed by atoms with Crippen LogP contribution in [0.3, 0.4) is 0 Å². The second kappa shape index (κ2) is 6.58. The third-order valence-electron chi connectivity index (χ3n) is 4.28. The lowest BCUT2D eigenvalue weighted by atomic mass is 9.98. The maximum Gasteiger partial charge on any atom is 0.281 e. The number of likely N-dealkylation sites (tertiary alicyclic amines) is 1. The molecule has 2 aromatic rings. The molecule has 0 bridgehead atoms. The van der Waals surface area contributed by atoms with Gasteiger partial charge in [0.1, 0.15) is 5.52 Å². The van der Waals surface area contributed by atoms with E-state index in [1.54, 1.807) is 35.9 Å². The Labute approximate surface area is 129 Å². The van der Waals surface area contributed by atoms with Crippen molar-refractivity contribution in [3.8, 4) is 0 Å². The van der Waals surface area contributed by atoms with Gasteiger partial charge >= 0.3 is 0 Å². The van der Waals surface area contributed by atoms with Gasteiger partial charge < -0.3 is 9.64 Å². The Kier molecular flexibility index (Phi) is 4.54. The second-order valence-corrected chi connectivity index (χ2v) is 6.04. The Morgan fingerprint density at radius 2 is 2.32 bits per heavy atom. The summed E-state index contributed by atoms with van der Waals surface area (Å²) >= 11 is 0. The van der Waals surface area contributed by atoms with Gasteiger partial charge in [-0.05, 0) is 25.3 Å². The van der Waals surface area contributed by atoms with Gasteiger partial charge in [-0.1, -0.05) is 0 Å². The standard InChI is InChI=1S/C15H23N5O2/c1-18-10-13-14(17-18)15(21)20(11-16-13)9-12-4-3-5-19(8-12)6-7-22-2/h10-12H,3-9H2,1-2H3. The average Bonchev–Trinajstić information content (AvgIpc) is 2.90. The van der Waals surface area contributed by atoms with Crippen molar-refractivity contribution < 1.29 is 4.74 Å². The number of methoxy groups -OCH3 is 1. The van der Waals surface area contributed by atoms with Crippen LogP contribution in [0.5, 0.6) is 0 Å². The number of hydrogen-bond acceptors (Lipinski definition) is 5. The van der Waals surface area contributed by atoms with Crippen molar-refractivity contribution in [1.29, 1.82) is 0 Å². The quantitative estimate of drug-likeness (QED) is 0.804. The molecule has 1 fully saturated rings. The number of rotatable bonds is 5. The monoisotopic (exact) mass is 305 g/mol. The van der Waals surface area contributed by atoms with Crippen LogP contribution in [0.15, 0.2) is 17.3 Å². The Morgan fingerprint density at radius 1 is 1.45 bits per heavy atom. The number of nitrogens with zero attached hydrogens (tertiary/aromatic N) is 5. The smallest absolute Gasteiger partial charge is 0.281 e. The summed E-state index contributed by atoms with van der Waals surface area (Å²) in [6.07, 6.45) is 5.74. The Balaban J connectivity index is 1.72. The Morgan fingerprint density at radius 3 is 3.14 bits per heavy atom. The number of aryl methyl sites for hydroxylation is 1. The summed E-state index contributed by atoms with van der Waals surface area (Å²) in [5, 5.41) is 4.22. The van der Waals surface area contributed by atoms with Crippen molar-refractivity contribution in [3.63, 3.8) is 0 Å². The van der Waals surface area contributed by atoms with Crippen LogP contribution in [-0.2, 0) is 18.3 Å². The van der Waals surface area contributed by atoms with Gasteiger partial charge in [-0.15, -0.1) is 0 Å². The van der Waals surface area contributed by atoms with Crippen molar-refractivity contribution >= 4 is 11.0 Å². The molecule has 0 amide bonds. The minimum absolute atomic E-state index is 0.0420. The molecule has 1 saturated heterocycles. The average molecular weight is 305 g/mol. The highest BCUT2D eigenvalue weighted by atomic mass is 16.5. The summed E-state index contributed by atoms with van der Waals surface area (Å²) < 4.78 is 8.49. The van der Waals surface area contributed by atoms with Crippen LogP contribution in [0, 0.1) is 5.92 Å². The van der Waals surface area contributed by atoms with E-state index in [9.17, 15) is 4.79 Å². The van der Waals surface area contributed by atoms with Crippen molar-refractivity contribution in [2.75, 3.05) is 33.4 Å². The van der Waals surface area contributed by atoms with Crippen molar-refractivity contribution in [3.05, 3.63) is 22.9 Å². The zero-order chi connectivity index (χ0) is 15.5. The largest absolute Gasteiger partial charge is 0.383 e. The molecule has 0 aliphatic carbocycles. The normalized spacial score (nSPS) is 19.8. The molecule has 7 heteroatoms. The summed E-state index contributed by atoms with van der Waals surface area (Å²) in [5.41, 5.74) is 1.07. The number of ether oxygens (including phenoxy) is 1. The molecule has 0 spiro atoms. The van der Waals surface area contributed by atoms with Gasteiger partial charge in [0.2, 0.25) is 0 Å². The number of aromatic nitrogens is 4. The van der Waals surface area contributed by atoms with E-state index in [0.29, 0.717) is 23.5 Å². The fourth-order valence-electron chi connectivity index (χ4n) is 3.18. The minimum atomic E-state index is -0.0420. The van der Waals surface area contributed by atoms with Gasteiger partial charge in [-0.3, -0.25) is 14.0 Å². The van der Waals surface area contributed by atoms with E-state index < -0.39 is 0 Å². The molecule has 3 heterocycles. The van der Waals surface area contributed by atoms with Crippen LogP contribution >= 0.6 is 0 Å². The fourth-order valence-corrected chi connectivity index (χ4v) is 3.18. The summed E-state index contributed by atoms with van der Waals surface area (Å²) in [4.78, 5) is 19.2. The van der Waals surface area contributed by atoms with E-state index in [1.807, 2.05) is 0 Å². The molecule has 0 N–H and O–H groups in total. The first-order chi connectivity index (χ1) is 10.7. The van der Waals surface area contributed by atoms with E-state index in [0.717, 1.165) is 32.7 Å². The Bertz CT molecular complexity index is 693. The lowest BCUT2D eigenvalue weighted by Gasteiger charge is -2.32. The minimum Gasteiger partial charge on any atom is -0.383 e. The summed E-state index contributed by atoms with van der Waals surface area (Å²) in [6, 6.07) is 0. The lowest BCUT2D eigenvalue weighted by molar-refractivity contribution is 0.109. The van der Waals surface area contributed by atoms with Crippen molar-refractivity contribution in [2.45, 2.75) is 19.4 Å². The van der Waals surface area contributed by atoms with Crippen molar-refractivity contribution in [2.24, 2.45) is 13.0 Å². The van der Waals surface area contributed by atoms with E-state index in [4.69, 9.17) is 4.74 Å². The molecule has 7 nitrogen and oxygen atoms in total. The molecule has 22 heavy (non-hydrogen) atoms. The highest BCUT2D eigenvalue weighted by Crippen LogP contribution is 2.17. The van der Waals surface area contributed by atoms with Crippen molar-refractivity contribution in [1.82, 2.24) is 24.2 Å². The molecular formula is C15H23N5O2. The van der Waals surface area contributed by atoms with Gasteiger partial charge in [0.15, 0.2) is 5.52 Å². The molecular weight excluding hydrogens is 282 g/mol. The number of piperidine rings is 1. The molecule has 120 valence electrons. The van der Waals surface area contributed by atoms with Crippen LogP contribution in [0.1, 0.15) is 12.8 Å². The molecule has 1 unspecified atom stereocenters. The van der Waals surface area contributed by atoms with E-state index >= 15 is 0 Å². The molecule has 1 aliphatic heterocycles. The molecule has 3 rings (SSSR count). The zero-order valence-electron chi connectivity index (χ0n) is 13.2. The van der Waals surface area contributed by atoms with Crippen LogP contribution in [0.4, 0.5) is 0 Å². The summed E-state index contributed by atoms with van der Waals surface area (Å²) in [7, 11) is 3.54. The van der Waals surface area contributed by atoms with E-state index in [2.05, 4.69) is 15.0 Å². The lowest BCUT2D eigenvalue weighted by Crippen LogP contribution is -2.40. The van der Waals surface area contributed by atoms with Crippen LogP contribution in [0.25, 0.3) is 11.0 Å². The third-order valence-corrected chi connectivity index (χ3v) is 4.28. The van der Waals surface area contributed by atoms with E-state index in [1.165, 1.54) is 6.42 Å². The number of hydrogen-bond donors (Lipinski definition) is 0. The topological polar surface area (TPSA) is 65.2 Å². The van der Waals surface area contributed by atoms with Crippen LogP contribution in [-0.4, -0.2) is 57.6 Å². The Hall–Kier alpha value is -1.73. The van der Waals surface area contributed by atoms with E-state index in [-0.39, 0.29) is 5.56 Å². The first-order valence-electron chi connectivity index (χ1n) is 7.77. The van der Waals surface area contributed by atoms with Gasteiger partial charge in [0, 0.05) is 33.8 Å². The first kappa shape index (κ1) is 15.2. The van der Waals surface area contributed by atoms with Gasteiger partial charge in [-0.25, -0.2) is 4.98 Å². The summed E-state index contributed by atoms with van der Waals surface area (Å²) in [6.45, 7) is 4.55. The molecule has 1 aliphatic rings. The van der Waals surface area contributed by atoms with Gasteiger partial charge in [0.25, 0.3) is 5.56 Å². The van der Waals surface area contributed by atoms with Gasteiger partial charge in [-0.2, -0.15) is 5.10 Å². The highest BCUT2D eigenvalue weighted by Gasteiger charge is 2.21. The first-order valence-corrected chi connectivity index (χ1v) is 7.77. The third kappa shape index (κ3) is 3.20. The van der Waals surface area contributed by atoms with Crippen LogP contribution in [0.2, 0.25) is 0 Å². The molecule has 1 atom stereocenters. The predicted molar refractivity (Wildman–Crippen MR) is 83.8 cm³/mol. The van der Waals surface area contributed by atoms with Gasteiger partial charge in [0.05, 0.1) is 19.1 Å². The molecule has 0 saturated carbocycles. The highest BCUT2D eigenvalue weighted by molar-refractivity contribution is 5.71.